The number of imidazole rings is 1. The summed E-state index contributed by atoms with van der Waals surface area (Å²) in [6.45, 7) is 0. The number of pyridine rings is 1. The van der Waals surface area contributed by atoms with E-state index >= 15 is 0 Å². The van der Waals surface area contributed by atoms with E-state index in [9.17, 15) is 10.1 Å². The van der Waals surface area contributed by atoms with Gasteiger partial charge in [0.1, 0.15) is 5.65 Å². The molecule has 0 spiro atoms. The van der Waals surface area contributed by atoms with Crippen LogP contribution in [-0.2, 0) is 5.75 Å². The number of non-ortho nitro benzene ring substituents is 1. The highest BCUT2D eigenvalue weighted by Crippen LogP contribution is 2.25. The van der Waals surface area contributed by atoms with Crippen molar-refractivity contribution in [1.29, 1.82) is 0 Å². The number of nitrogens with zero attached hydrogens (tertiary/aromatic N) is 7. The standard InChI is InChI=1S/C19H13N7O2S/c27-26(28)15-5-3-4-13(10-15)16-7-8-18-21-22-19(25(18)23-16)29-12-14-11-24-9-2-1-6-17(24)20-14/h1-11H,12H2. The molecule has 0 aliphatic rings. The van der Waals surface area contributed by atoms with Gasteiger partial charge in [0.15, 0.2) is 5.65 Å². The number of hydrogen-bond donors (Lipinski definition) is 0. The summed E-state index contributed by atoms with van der Waals surface area (Å²) in [5.41, 5.74) is 3.71. The van der Waals surface area contributed by atoms with Gasteiger partial charge in [0.2, 0.25) is 5.16 Å². The Balaban J connectivity index is 1.45. The van der Waals surface area contributed by atoms with Crippen molar-refractivity contribution >= 4 is 28.7 Å². The third kappa shape index (κ3) is 3.29. The minimum Gasteiger partial charge on any atom is -0.307 e. The van der Waals surface area contributed by atoms with Gasteiger partial charge >= 0.3 is 0 Å². The van der Waals surface area contributed by atoms with Crippen LogP contribution in [0.1, 0.15) is 5.69 Å². The topological polar surface area (TPSA) is 104 Å². The van der Waals surface area contributed by atoms with Gasteiger partial charge in [-0.05, 0) is 24.3 Å². The summed E-state index contributed by atoms with van der Waals surface area (Å²) in [6.07, 6.45) is 3.93. The second kappa shape index (κ2) is 6.99. The molecule has 4 heterocycles. The lowest BCUT2D eigenvalue weighted by Gasteiger charge is -2.03. The number of benzene rings is 1. The zero-order chi connectivity index (χ0) is 19.8. The van der Waals surface area contributed by atoms with Gasteiger partial charge in [0.05, 0.1) is 16.3 Å². The summed E-state index contributed by atoms with van der Waals surface area (Å²) in [5.74, 6) is 0.616. The van der Waals surface area contributed by atoms with Crippen LogP contribution in [0.15, 0.2) is 72.1 Å². The van der Waals surface area contributed by atoms with Crippen LogP contribution in [0.2, 0.25) is 0 Å². The minimum absolute atomic E-state index is 0.0228. The van der Waals surface area contributed by atoms with Gasteiger partial charge in [0.25, 0.3) is 5.69 Å². The molecule has 0 saturated carbocycles. The molecular formula is C19H13N7O2S. The average Bonchev–Trinajstić information content (AvgIpc) is 3.35. The van der Waals surface area contributed by atoms with Crippen molar-refractivity contribution in [1.82, 2.24) is 29.2 Å². The molecule has 5 rings (SSSR count). The first-order chi connectivity index (χ1) is 14.2. The number of fused-ring (bicyclic) bond motifs is 2. The van der Waals surface area contributed by atoms with Gasteiger partial charge < -0.3 is 4.40 Å². The van der Waals surface area contributed by atoms with Crippen molar-refractivity contribution in [3.63, 3.8) is 0 Å². The fraction of sp³-hybridized carbons (Fsp3) is 0.0526. The van der Waals surface area contributed by atoms with Gasteiger partial charge in [0, 0.05) is 35.8 Å². The zero-order valence-corrected chi connectivity index (χ0v) is 15.7. The average molecular weight is 403 g/mol. The molecule has 0 N–H and O–H groups in total. The molecule has 29 heavy (non-hydrogen) atoms. The molecule has 0 atom stereocenters. The second-order valence-electron chi connectivity index (χ2n) is 6.27. The van der Waals surface area contributed by atoms with Crippen molar-refractivity contribution in [3.8, 4) is 11.3 Å². The first-order valence-electron chi connectivity index (χ1n) is 8.70. The Labute approximate surface area is 168 Å². The van der Waals surface area contributed by atoms with E-state index < -0.39 is 4.92 Å². The number of aromatic nitrogens is 6. The van der Waals surface area contributed by atoms with Crippen molar-refractivity contribution in [2.24, 2.45) is 0 Å². The molecule has 142 valence electrons. The Bertz CT molecular complexity index is 1330. The van der Waals surface area contributed by atoms with E-state index in [0.717, 1.165) is 11.3 Å². The number of nitro groups is 1. The van der Waals surface area contributed by atoms with Crippen LogP contribution in [-0.4, -0.2) is 34.1 Å². The number of hydrogen-bond acceptors (Lipinski definition) is 7. The Morgan fingerprint density at radius 3 is 2.83 bits per heavy atom. The summed E-state index contributed by atoms with van der Waals surface area (Å²) in [7, 11) is 0. The van der Waals surface area contributed by atoms with Gasteiger partial charge in [-0.1, -0.05) is 30.0 Å². The van der Waals surface area contributed by atoms with E-state index in [1.54, 1.807) is 28.8 Å². The highest BCUT2D eigenvalue weighted by Gasteiger charge is 2.13. The monoisotopic (exact) mass is 403 g/mol. The maximum Gasteiger partial charge on any atom is 0.270 e. The van der Waals surface area contributed by atoms with E-state index in [1.807, 2.05) is 35.0 Å². The van der Waals surface area contributed by atoms with Crippen LogP contribution in [0.25, 0.3) is 22.6 Å². The summed E-state index contributed by atoms with van der Waals surface area (Å²) >= 11 is 1.48. The summed E-state index contributed by atoms with van der Waals surface area (Å²) in [4.78, 5) is 15.2. The van der Waals surface area contributed by atoms with Crippen LogP contribution in [0.3, 0.4) is 0 Å². The molecule has 0 saturated heterocycles. The van der Waals surface area contributed by atoms with E-state index in [2.05, 4.69) is 20.3 Å². The largest absolute Gasteiger partial charge is 0.307 e. The highest BCUT2D eigenvalue weighted by atomic mass is 32.2. The van der Waals surface area contributed by atoms with Crippen LogP contribution >= 0.6 is 11.8 Å². The predicted octanol–water partition coefficient (Wildman–Crippen LogP) is 3.64. The molecule has 0 amide bonds. The molecule has 4 aromatic heterocycles. The first kappa shape index (κ1) is 17.3. The first-order valence-corrected chi connectivity index (χ1v) is 9.69. The van der Waals surface area contributed by atoms with Crippen molar-refractivity contribution in [2.75, 3.05) is 0 Å². The molecule has 0 radical (unpaired) electrons. The molecule has 1 aromatic carbocycles. The number of thioether (sulfide) groups is 1. The maximum atomic E-state index is 11.0. The van der Waals surface area contributed by atoms with E-state index in [0.29, 0.717) is 27.8 Å². The zero-order valence-electron chi connectivity index (χ0n) is 14.9. The lowest BCUT2D eigenvalue weighted by molar-refractivity contribution is -0.384. The molecule has 10 heteroatoms. The van der Waals surface area contributed by atoms with Crippen LogP contribution in [0, 0.1) is 10.1 Å². The van der Waals surface area contributed by atoms with Gasteiger partial charge in [-0.15, -0.1) is 10.2 Å². The minimum atomic E-state index is -0.420. The Morgan fingerprint density at radius 2 is 1.97 bits per heavy atom. The Morgan fingerprint density at radius 1 is 1.03 bits per heavy atom. The number of nitro benzene ring substituents is 1. The van der Waals surface area contributed by atoms with Crippen LogP contribution in [0.5, 0.6) is 0 Å². The summed E-state index contributed by atoms with van der Waals surface area (Å²) < 4.78 is 3.62. The van der Waals surface area contributed by atoms with E-state index in [-0.39, 0.29) is 5.69 Å². The van der Waals surface area contributed by atoms with Crippen molar-refractivity contribution in [3.05, 3.63) is 82.8 Å². The Hall–Kier alpha value is -3.79. The SMILES string of the molecule is O=[N+]([O-])c1cccc(-c2ccc3nnc(SCc4cn5ccccc5n4)n3n2)c1. The molecule has 0 fully saturated rings. The molecule has 0 aliphatic heterocycles. The Kier molecular flexibility index (Phi) is 4.17. The molecule has 0 aliphatic carbocycles. The summed E-state index contributed by atoms with van der Waals surface area (Å²) in [6, 6.07) is 15.8. The lowest BCUT2D eigenvalue weighted by Crippen LogP contribution is -1.97. The maximum absolute atomic E-state index is 11.0. The molecule has 0 bridgehead atoms. The molecular weight excluding hydrogens is 390 g/mol. The van der Waals surface area contributed by atoms with Crippen molar-refractivity contribution < 1.29 is 4.92 Å². The number of rotatable bonds is 5. The summed E-state index contributed by atoms with van der Waals surface area (Å²) in [5, 5.41) is 24.6. The fourth-order valence-electron chi connectivity index (χ4n) is 2.99. The quantitative estimate of drug-likeness (QED) is 0.251. The third-order valence-corrected chi connectivity index (χ3v) is 5.30. The van der Waals surface area contributed by atoms with E-state index in [4.69, 9.17) is 0 Å². The van der Waals surface area contributed by atoms with Gasteiger partial charge in [-0.2, -0.15) is 9.61 Å². The molecule has 5 aromatic rings. The van der Waals surface area contributed by atoms with Gasteiger partial charge in [-0.3, -0.25) is 10.1 Å². The normalized spacial score (nSPS) is 11.3. The smallest absolute Gasteiger partial charge is 0.270 e. The van der Waals surface area contributed by atoms with E-state index in [1.165, 1.54) is 23.9 Å². The third-order valence-electron chi connectivity index (χ3n) is 4.35. The lowest BCUT2D eigenvalue weighted by atomic mass is 10.1. The molecule has 9 nitrogen and oxygen atoms in total. The van der Waals surface area contributed by atoms with Crippen LogP contribution < -0.4 is 0 Å². The van der Waals surface area contributed by atoms with Gasteiger partial charge in [-0.25, -0.2) is 4.98 Å². The predicted molar refractivity (Wildman–Crippen MR) is 108 cm³/mol. The second-order valence-corrected chi connectivity index (χ2v) is 7.21. The van der Waals surface area contributed by atoms with Crippen molar-refractivity contribution in [2.45, 2.75) is 10.9 Å². The van der Waals surface area contributed by atoms with Crippen LogP contribution in [0.4, 0.5) is 5.69 Å². The highest BCUT2D eigenvalue weighted by molar-refractivity contribution is 7.98. The fourth-order valence-corrected chi connectivity index (χ4v) is 3.76. The molecule has 0 unspecified atom stereocenters.